The summed E-state index contributed by atoms with van der Waals surface area (Å²) in [4.78, 5) is 25.1. The van der Waals surface area contributed by atoms with Gasteiger partial charge in [-0.15, -0.1) is 0 Å². The highest BCUT2D eigenvalue weighted by molar-refractivity contribution is 5.84. The second-order valence-electron chi connectivity index (χ2n) is 4.66. The molecule has 108 valence electrons. The highest BCUT2D eigenvalue weighted by atomic mass is 19.1. The summed E-state index contributed by atoms with van der Waals surface area (Å²) in [6.45, 7) is 0.832. The van der Waals surface area contributed by atoms with E-state index in [0.717, 1.165) is 12.0 Å². The Morgan fingerprint density at radius 1 is 1.40 bits per heavy atom. The van der Waals surface area contributed by atoms with Crippen molar-refractivity contribution in [2.75, 3.05) is 13.7 Å². The molecule has 0 aliphatic carbocycles. The molecule has 1 fully saturated rings. The van der Waals surface area contributed by atoms with Crippen LogP contribution in [0, 0.1) is 5.82 Å². The lowest BCUT2D eigenvalue weighted by molar-refractivity contribution is -0.144. The fraction of sp³-hybridized carbons (Fsp3) is 0.429. The van der Waals surface area contributed by atoms with Gasteiger partial charge in [0.2, 0.25) is 0 Å². The number of hydrogen-bond acceptors (Lipinski definition) is 3. The Labute approximate surface area is 116 Å². The van der Waals surface area contributed by atoms with Crippen molar-refractivity contribution in [1.82, 2.24) is 10.2 Å². The van der Waals surface area contributed by atoms with E-state index >= 15 is 0 Å². The Hall–Kier alpha value is -2.11. The van der Waals surface area contributed by atoms with Crippen LogP contribution >= 0.6 is 0 Å². The van der Waals surface area contributed by atoms with Crippen LogP contribution in [0.4, 0.5) is 9.18 Å². The number of ether oxygens (including phenoxy) is 1. The molecule has 0 radical (unpaired) electrons. The van der Waals surface area contributed by atoms with E-state index < -0.39 is 6.04 Å². The predicted molar refractivity (Wildman–Crippen MR) is 70.4 cm³/mol. The van der Waals surface area contributed by atoms with E-state index in [1.54, 1.807) is 12.1 Å². The summed E-state index contributed by atoms with van der Waals surface area (Å²) >= 11 is 0. The lowest BCUT2D eigenvalue weighted by Crippen LogP contribution is -2.46. The van der Waals surface area contributed by atoms with Gasteiger partial charge in [-0.3, -0.25) is 0 Å². The molecule has 1 heterocycles. The fourth-order valence-electron chi connectivity index (χ4n) is 2.27. The summed E-state index contributed by atoms with van der Waals surface area (Å²) < 4.78 is 17.5. The molecule has 1 aromatic carbocycles. The molecule has 20 heavy (non-hydrogen) atoms. The Balaban J connectivity index is 1.91. The lowest BCUT2D eigenvalue weighted by atomic mass is 10.2. The lowest BCUT2D eigenvalue weighted by Gasteiger charge is -2.22. The van der Waals surface area contributed by atoms with Gasteiger partial charge >= 0.3 is 12.0 Å². The number of urea groups is 1. The maximum absolute atomic E-state index is 12.8. The number of hydrogen-bond donors (Lipinski definition) is 1. The molecule has 1 aliphatic heterocycles. The molecule has 0 bridgehead atoms. The van der Waals surface area contributed by atoms with E-state index in [2.05, 4.69) is 10.1 Å². The average Bonchev–Trinajstić information content (AvgIpc) is 2.95. The van der Waals surface area contributed by atoms with E-state index in [9.17, 15) is 14.0 Å². The largest absolute Gasteiger partial charge is 0.467 e. The first-order valence-corrected chi connectivity index (χ1v) is 6.48. The van der Waals surface area contributed by atoms with E-state index in [4.69, 9.17) is 0 Å². The molecule has 0 spiro atoms. The van der Waals surface area contributed by atoms with Crippen molar-refractivity contribution in [2.24, 2.45) is 0 Å². The first-order chi connectivity index (χ1) is 9.61. The first kappa shape index (κ1) is 14.3. The number of likely N-dealkylation sites (tertiary alicyclic amines) is 1. The number of nitrogens with zero attached hydrogens (tertiary/aromatic N) is 1. The third kappa shape index (κ3) is 3.26. The van der Waals surface area contributed by atoms with E-state index in [0.29, 0.717) is 19.5 Å². The van der Waals surface area contributed by atoms with Gasteiger partial charge in [0.05, 0.1) is 7.11 Å². The standard InChI is InChI=1S/C14H17FN2O3/c1-20-13(18)12-3-2-8-17(12)14(19)16-9-10-4-6-11(15)7-5-10/h4-7,12H,2-3,8-9H2,1H3,(H,16,19). The van der Waals surface area contributed by atoms with Gasteiger partial charge in [-0.05, 0) is 30.5 Å². The van der Waals surface area contributed by atoms with Crippen molar-refractivity contribution >= 4 is 12.0 Å². The Morgan fingerprint density at radius 3 is 2.75 bits per heavy atom. The Kier molecular flexibility index (Phi) is 4.55. The van der Waals surface area contributed by atoms with E-state index in [1.807, 2.05) is 0 Å². The summed E-state index contributed by atoms with van der Waals surface area (Å²) in [5.74, 6) is -0.704. The van der Waals surface area contributed by atoms with Gasteiger partial charge in [0.25, 0.3) is 0 Å². The molecule has 6 heteroatoms. The zero-order valence-corrected chi connectivity index (χ0v) is 11.3. The van der Waals surface area contributed by atoms with Gasteiger partial charge in [-0.25, -0.2) is 14.0 Å². The smallest absolute Gasteiger partial charge is 0.328 e. The molecular weight excluding hydrogens is 263 g/mol. The summed E-state index contributed by atoms with van der Waals surface area (Å²) in [6.07, 6.45) is 1.40. The van der Waals surface area contributed by atoms with Crippen molar-refractivity contribution in [3.63, 3.8) is 0 Å². The maximum atomic E-state index is 12.8. The normalized spacial score (nSPS) is 17.9. The van der Waals surface area contributed by atoms with Crippen molar-refractivity contribution in [3.05, 3.63) is 35.6 Å². The van der Waals surface area contributed by atoms with E-state index in [-0.39, 0.29) is 17.8 Å². The highest BCUT2D eigenvalue weighted by Gasteiger charge is 2.34. The number of amides is 2. The van der Waals surface area contributed by atoms with Crippen LogP contribution in [0.1, 0.15) is 18.4 Å². The Morgan fingerprint density at radius 2 is 2.10 bits per heavy atom. The molecule has 2 rings (SSSR count). The Bertz CT molecular complexity index is 490. The highest BCUT2D eigenvalue weighted by Crippen LogP contribution is 2.18. The van der Waals surface area contributed by atoms with Crippen molar-refractivity contribution in [2.45, 2.75) is 25.4 Å². The fourth-order valence-corrected chi connectivity index (χ4v) is 2.27. The number of carbonyl (C=O) groups is 2. The van der Waals surface area contributed by atoms with Crippen molar-refractivity contribution in [3.8, 4) is 0 Å². The minimum absolute atomic E-state index is 0.295. The third-order valence-electron chi connectivity index (χ3n) is 3.34. The zero-order valence-electron chi connectivity index (χ0n) is 11.3. The van der Waals surface area contributed by atoms with Crippen LogP contribution in [-0.2, 0) is 16.1 Å². The van der Waals surface area contributed by atoms with Crippen molar-refractivity contribution in [1.29, 1.82) is 0 Å². The number of benzene rings is 1. The second kappa shape index (κ2) is 6.36. The SMILES string of the molecule is COC(=O)C1CCCN1C(=O)NCc1ccc(F)cc1. The van der Waals surface area contributed by atoms with Gasteiger partial charge in [0, 0.05) is 13.1 Å². The molecular formula is C14H17FN2O3. The molecule has 5 nitrogen and oxygen atoms in total. The molecule has 2 amide bonds. The zero-order chi connectivity index (χ0) is 14.5. The molecule has 1 atom stereocenters. The van der Waals surface area contributed by atoms with Gasteiger partial charge in [-0.2, -0.15) is 0 Å². The van der Waals surface area contributed by atoms with E-state index in [1.165, 1.54) is 24.1 Å². The summed E-state index contributed by atoms with van der Waals surface area (Å²) in [5.41, 5.74) is 0.800. The minimum Gasteiger partial charge on any atom is -0.467 e. The number of halogens is 1. The van der Waals surface area contributed by atoms with Crippen LogP contribution in [0.3, 0.4) is 0 Å². The number of esters is 1. The molecule has 0 aromatic heterocycles. The molecule has 1 saturated heterocycles. The quantitative estimate of drug-likeness (QED) is 0.857. The van der Waals surface area contributed by atoms with Crippen LogP contribution in [0.5, 0.6) is 0 Å². The van der Waals surface area contributed by atoms with Gasteiger partial charge in [0.1, 0.15) is 11.9 Å². The van der Waals surface area contributed by atoms with Gasteiger partial charge in [0.15, 0.2) is 0 Å². The molecule has 0 saturated carbocycles. The summed E-state index contributed by atoms with van der Waals surface area (Å²) in [5, 5.41) is 2.73. The second-order valence-corrected chi connectivity index (χ2v) is 4.66. The predicted octanol–water partition coefficient (Wildman–Crippen LogP) is 1.67. The van der Waals surface area contributed by atoms with Crippen LogP contribution in [0.25, 0.3) is 0 Å². The van der Waals surface area contributed by atoms with Crippen LogP contribution < -0.4 is 5.32 Å². The third-order valence-corrected chi connectivity index (χ3v) is 3.34. The van der Waals surface area contributed by atoms with Crippen LogP contribution in [0.2, 0.25) is 0 Å². The summed E-state index contributed by atoms with van der Waals surface area (Å²) in [6, 6.07) is 5.09. The van der Waals surface area contributed by atoms with Crippen molar-refractivity contribution < 1.29 is 18.7 Å². The van der Waals surface area contributed by atoms with Gasteiger partial charge < -0.3 is 15.0 Å². The number of methoxy groups -OCH3 is 1. The molecule has 1 aliphatic rings. The average molecular weight is 280 g/mol. The molecule has 1 unspecified atom stereocenters. The molecule has 1 aromatic rings. The number of rotatable bonds is 3. The number of carbonyl (C=O) groups excluding carboxylic acids is 2. The maximum Gasteiger partial charge on any atom is 0.328 e. The molecule has 1 N–H and O–H groups in total. The summed E-state index contributed by atoms with van der Waals surface area (Å²) in [7, 11) is 1.31. The monoisotopic (exact) mass is 280 g/mol. The number of nitrogens with one attached hydrogen (secondary N) is 1. The van der Waals surface area contributed by atoms with Crippen LogP contribution in [-0.4, -0.2) is 36.6 Å². The topological polar surface area (TPSA) is 58.6 Å². The minimum atomic E-state index is -0.506. The first-order valence-electron chi connectivity index (χ1n) is 6.48. The van der Waals surface area contributed by atoms with Gasteiger partial charge in [-0.1, -0.05) is 12.1 Å². The van der Waals surface area contributed by atoms with Crippen LogP contribution in [0.15, 0.2) is 24.3 Å².